The largest absolute Gasteiger partial charge is 0.481 e. The van der Waals surface area contributed by atoms with Gasteiger partial charge in [0.05, 0.1) is 17.4 Å². The molecule has 0 bridgehead atoms. The van der Waals surface area contributed by atoms with Crippen LogP contribution < -0.4 is 5.56 Å². The van der Waals surface area contributed by atoms with Crippen LogP contribution in [-0.2, 0) is 17.8 Å². The predicted octanol–water partition coefficient (Wildman–Crippen LogP) is 4.20. The average Bonchev–Trinajstić information content (AvgIpc) is 2.85. The van der Waals surface area contributed by atoms with E-state index in [1.54, 1.807) is 24.3 Å². The lowest BCUT2D eigenvalue weighted by Crippen LogP contribution is -2.32. The minimum Gasteiger partial charge on any atom is -0.481 e. The van der Waals surface area contributed by atoms with Crippen molar-refractivity contribution in [2.75, 3.05) is 0 Å². The highest BCUT2D eigenvalue weighted by Gasteiger charge is 2.26. The number of carbonyl (C=O) groups is 1. The average molecular weight is 478 g/mol. The van der Waals surface area contributed by atoms with Crippen LogP contribution in [0.2, 0.25) is 5.02 Å². The number of carboxylic acid groups (broad SMARTS) is 1. The standard InChI is InChI=1S/C26H24ClN3O4/c27-20-12-10-19(11-13-20)18-8-5-17(6-9-18)7-14-24(31)22(26(33)34)15-16-30-25(32)21-3-1-2-4-23(21)28-29-30/h1-6,8-13,22,24,31H,7,14-16H2,(H,33,34). The van der Waals surface area contributed by atoms with Gasteiger partial charge in [-0.3, -0.25) is 9.59 Å². The summed E-state index contributed by atoms with van der Waals surface area (Å²) in [5.41, 5.74) is 3.25. The van der Waals surface area contributed by atoms with E-state index in [0.717, 1.165) is 21.4 Å². The van der Waals surface area contributed by atoms with Crippen LogP contribution in [0, 0.1) is 5.92 Å². The number of hydrogen-bond acceptors (Lipinski definition) is 5. The number of halogens is 1. The molecule has 2 atom stereocenters. The minimum absolute atomic E-state index is 0.0560. The van der Waals surface area contributed by atoms with Crippen LogP contribution in [0.3, 0.4) is 0 Å². The monoisotopic (exact) mass is 477 g/mol. The maximum Gasteiger partial charge on any atom is 0.309 e. The molecule has 0 spiro atoms. The Labute approximate surface area is 201 Å². The molecule has 2 N–H and O–H groups in total. The second kappa shape index (κ2) is 10.6. The van der Waals surface area contributed by atoms with Crippen molar-refractivity contribution in [1.29, 1.82) is 0 Å². The van der Waals surface area contributed by atoms with Gasteiger partial charge in [0.25, 0.3) is 5.56 Å². The number of carboxylic acids is 1. The maximum atomic E-state index is 12.6. The predicted molar refractivity (Wildman–Crippen MR) is 131 cm³/mol. The number of aliphatic hydroxyl groups excluding tert-OH is 1. The summed E-state index contributed by atoms with van der Waals surface area (Å²) in [7, 11) is 0. The summed E-state index contributed by atoms with van der Waals surface area (Å²) in [5, 5.41) is 29.3. The summed E-state index contributed by atoms with van der Waals surface area (Å²) >= 11 is 5.94. The third-order valence-electron chi connectivity index (χ3n) is 5.92. The van der Waals surface area contributed by atoms with E-state index in [1.807, 2.05) is 48.5 Å². The number of aliphatic hydroxyl groups is 1. The number of aromatic nitrogens is 3. The molecule has 3 aromatic carbocycles. The molecule has 1 heterocycles. The van der Waals surface area contributed by atoms with Gasteiger partial charge in [0, 0.05) is 11.6 Å². The van der Waals surface area contributed by atoms with E-state index in [4.69, 9.17) is 11.6 Å². The molecule has 0 aliphatic rings. The van der Waals surface area contributed by atoms with Gasteiger partial charge in [-0.1, -0.05) is 65.3 Å². The number of aryl methyl sites for hydroxylation is 2. The molecular weight excluding hydrogens is 454 g/mol. The van der Waals surface area contributed by atoms with Crippen molar-refractivity contribution in [2.24, 2.45) is 5.92 Å². The summed E-state index contributed by atoms with van der Waals surface area (Å²) in [4.78, 5) is 24.4. The molecule has 4 rings (SSSR count). The minimum atomic E-state index is -1.10. The first-order valence-electron chi connectivity index (χ1n) is 11.0. The zero-order chi connectivity index (χ0) is 24.1. The zero-order valence-corrected chi connectivity index (χ0v) is 19.1. The fourth-order valence-corrected chi connectivity index (χ4v) is 4.06. The highest BCUT2D eigenvalue weighted by molar-refractivity contribution is 6.30. The molecule has 174 valence electrons. The molecule has 1 aromatic heterocycles. The normalized spacial score (nSPS) is 13.0. The van der Waals surface area contributed by atoms with E-state index in [9.17, 15) is 19.8 Å². The van der Waals surface area contributed by atoms with Gasteiger partial charge in [-0.05, 0) is 60.2 Å². The molecule has 7 nitrogen and oxygen atoms in total. The van der Waals surface area contributed by atoms with Crippen LogP contribution in [0.1, 0.15) is 18.4 Å². The summed E-state index contributed by atoms with van der Waals surface area (Å²) in [5.74, 6) is -2.12. The van der Waals surface area contributed by atoms with Crippen LogP contribution in [-0.4, -0.2) is 37.3 Å². The van der Waals surface area contributed by atoms with Crippen molar-refractivity contribution in [3.63, 3.8) is 0 Å². The SMILES string of the molecule is O=C(O)C(CCn1nnc2ccccc2c1=O)C(O)CCc1ccc(-c2ccc(Cl)cc2)cc1. The lowest BCUT2D eigenvalue weighted by atomic mass is 9.93. The van der Waals surface area contributed by atoms with E-state index in [0.29, 0.717) is 22.3 Å². The van der Waals surface area contributed by atoms with Crippen molar-refractivity contribution in [3.05, 3.63) is 93.7 Å². The first-order valence-corrected chi connectivity index (χ1v) is 11.4. The molecule has 2 unspecified atom stereocenters. The molecule has 0 saturated carbocycles. The lowest BCUT2D eigenvalue weighted by Gasteiger charge is -2.19. The molecule has 0 aliphatic heterocycles. The summed E-state index contributed by atoms with van der Waals surface area (Å²) in [6, 6.07) is 22.3. The maximum absolute atomic E-state index is 12.6. The Morgan fingerprint density at radius 2 is 1.59 bits per heavy atom. The van der Waals surface area contributed by atoms with Crippen LogP contribution in [0.4, 0.5) is 0 Å². The zero-order valence-electron chi connectivity index (χ0n) is 18.3. The Bertz CT molecular complexity index is 1340. The van der Waals surface area contributed by atoms with Gasteiger partial charge >= 0.3 is 5.97 Å². The summed E-state index contributed by atoms with van der Waals surface area (Å²) < 4.78 is 1.15. The van der Waals surface area contributed by atoms with Crippen molar-refractivity contribution in [2.45, 2.75) is 31.9 Å². The Morgan fingerprint density at radius 3 is 2.26 bits per heavy atom. The quantitative estimate of drug-likeness (QED) is 0.374. The number of fused-ring (bicyclic) bond motifs is 1. The van der Waals surface area contributed by atoms with E-state index in [1.165, 1.54) is 0 Å². The van der Waals surface area contributed by atoms with Gasteiger partial charge in [0.1, 0.15) is 5.52 Å². The van der Waals surface area contributed by atoms with E-state index < -0.39 is 18.0 Å². The second-order valence-corrected chi connectivity index (χ2v) is 8.61. The summed E-state index contributed by atoms with van der Waals surface area (Å²) in [6.07, 6.45) is -0.173. The van der Waals surface area contributed by atoms with Gasteiger partial charge in [0.2, 0.25) is 0 Å². The number of hydrogen-bond donors (Lipinski definition) is 2. The molecule has 0 amide bonds. The van der Waals surface area contributed by atoms with Crippen LogP contribution in [0.15, 0.2) is 77.6 Å². The van der Waals surface area contributed by atoms with E-state index in [-0.39, 0.29) is 24.9 Å². The second-order valence-electron chi connectivity index (χ2n) is 8.18. The summed E-state index contributed by atoms with van der Waals surface area (Å²) in [6.45, 7) is 0.0560. The number of benzene rings is 3. The van der Waals surface area contributed by atoms with Crippen molar-refractivity contribution in [3.8, 4) is 11.1 Å². The number of aliphatic carboxylic acids is 1. The van der Waals surface area contributed by atoms with Crippen molar-refractivity contribution in [1.82, 2.24) is 15.0 Å². The number of rotatable bonds is 9. The first-order chi connectivity index (χ1) is 16.4. The van der Waals surface area contributed by atoms with Crippen LogP contribution >= 0.6 is 11.6 Å². The highest BCUT2D eigenvalue weighted by Crippen LogP contribution is 2.23. The highest BCUT2D eigenvalue weighted by atomic mass is 35.5. The van der Waals surface area contributed by atoms with Crippen molar-refractivity contribution < 1.29 is 15.0 Å². The Balaban J connectivity index is 1.37. The molecule has 0 saturated heterocycles. The van der Waals surface area contributed by atoms with E-state index >= 15 is 0 Å². The molecule has 0 aliphatic carbocycles. The van der Waals surface area contributed by atoms with Crippen LogP contribution in [0.25, 0.3) is 22.0 Å². The van der Waals surface area contributed by atoms with E-state index in [2.05, 4.69) is 10.3 Å². The van der Waals surface area contributed by atoms with Gasteiger partial charge in [-0.2, -0.15) is 0 Å². The van der Waals surface area contributed by atoms with Gasteiger partial charge in [-0.15, -0.1) is 5.10 Å². The molecule has 8 heteroatoms. The number of nitrogens with zero attached hydrogens (tertiary/aromatic N) is 3. The fourth-order valence-electron chi connectivity index (χ4n) is 3.93. The van der Waals surface area contributed by atoms with Crippen LogP contribution in [0.5, 0.6) is 0 Å². The smallest absolute Gasteiger partial charge is 0.309 e. The van der Waals surface area contributed by atoms with Gasteiger partial charge < -0.3 is 10.2 Å². The molecule has 0 fully saturated rings. The third-order valence-corrected chi connectivity index (χ3v) is 6.18. The third kappa shape index (κ3) is 5.50. The van der Waals surface area contributed by atoms with Crippen molar-refractivity contribution >= 4 is 28.5 Å². The Morgan fingerprint density at radius 1 is 0.941 bits per heavy atom. The van der Waals surface area contributed by atoms with Gasteiger partial charge in [0.15, 0.2) is 0 Å². The lowest BCUT2D eigenvalue weighted by molar-refractivity contribution is -0.146. The molecular formula is C26H24ClN3O4. The first kappa shape index (κ1) is 23.6. The fraction of sp³-hybridized carbons (Fsp3) is 0.231. The molecule has 0 radical (unpaired) electrons. The molecule has 34 heavy (non-hydrogen) atoms. The Hall–Kier alpha value is -3.55. The molecule has 4 aromatic rings. The topological polar surface area (TPSA) is 105 Å². The Kier molecular flexibility index (Phi) is 7.35. The van der Waals surface area contributed by atoms with Gasteiger partial charge in [-0.25, -0.2) is 4.68 Å².